The van der Waals surface area contributed by atoms with Crippen molar-refractivity contribution in [2.75, 3.05) is 31.1 Å². The van der Waals surface area contributed by atoms with Crippen molar-refractivity contribution in [1.29, 1.82) is 0 Å². The number of imidazole rings is 1. The first-order valence-corrected chi connectivity index (χ1v) is 7.73. The van der Waals surface area contributed by atoms with Gasteiger partial charge in [0.1, 0.15) is 0 Å². The molecule has 1 N–H and O–H groups in total. The number of benzene rings is 1. The zero-order valence-electron chi connectivity index (χ0n) is 12.7. The second-order valence-corrected chi connectivity index (χ2v) is 5.67. The zero-order chi connectivity index (χ0) is 15.6. The van der Waals surface area contributed by atoms with Gasteiger partial charge in [0.25, 0.3) is 0 Å². The summed E-state index contributed by atoms with van der Waals surface area (Å²) >= 11 is 0. The maximum absolute atomic E-state index is 12.1. The van der Waals surface area contributed by atoms with E-state index in [-0.39, 0.29) is 5.69 Å². The zero-order valence-corrected chi connectivity index (χ0v) is 12.7. The van der Waals surface area contributed by atoms with Crippen molar-refractivity contribution in [3.05, 3.63) is 53.2 Å². The van der Waals surface area contributed by atoms with Crippen molar-refractivity contribution in [3.63, 3.8) is 0 Å². The van der Waals surface area contributed by atoms with Crippen molar-refractivity contribution in [1.82, 2.24) is 24.4 Å². The molecular formula is C16H18N6O. The molecule has 0 unspecified atom stereocenters. The van der Waals surface area contributed by atoms with Crippen LogP contribution in [0, 0.1) is 0 Å². The van der Waals surface area contributed by atoms with Crippen LogP contribution in [0.25, 0.3) is 11.0 Å². The number of aromatic amines is 1. The van der Waals surface area contributed by atoms with Gasteiger partial charge in [-0.3, -0.25) is 9.47 Å². The molecule has 7 heteroatoms. The van der Waals surface area contributed by atoms with E-state index in [4.69, 9.17) is 0 Å². The molecule has 4 rings (SSSR count). The number of hydrogen-bond donors (Lipinski definition) is 1. The van der Waals surface area contributed by atoms with Gasteiger partial charge in [-0.05, 0) is 18.2 Å². The number of aromatic nitrogens is 4. The Hall–Kier alpha value is -2.67. The average molecular weight is 310 g/mol. The summed E-state index contributed by atoms with van der Waals surface area (Å²) in [5.41, 5.74) is 1.78. The minimum absolute atomic E-state index is 0.0555. The van der Waals surface area contributed by atoms with Crippen LogP contribution in [0.4, 0.5) is 5.95 Å². The highest BCUT2D eigenvalue weighted by molar-refractivity contribution is 5.74. The van der Waals surface area contributed by atoms with E-state index < -0.39 is 0 Å². The summed E-state index contributed by atoms with van der Waals surface area (Å²) in [5, 5.41) is 0. The lowest BCUT2D eigenvalue weighted by Gasteiger charge is -2.34. The fraction of sp³-hybridized carbons (Fsp3) is 0.312. The molecule has 1 aromatic carbocycles. The fourth-order valence-electron chi connectivity index (χ4n) is 2.99. The maximum atomic E-state index is 12.1. The molecule has 0 saturated carbocycles. The number of hydrogen-bond acceptors (Lipinski definition) is 5. The summed E-state index contributed by atoms with van der Waals surface area (Å²) in [6, 6.07) is 9.61. The van der Waals surface area contributed by atoms with Gasteiger partial charge in [0.2, 0.25) is 5.95 Å². The topological polar surface area (TPSA) is 70.1 Å². The van der Waals surface area contributed by atoms with Gasteiger partial charge in [0.05, 0.1) is 17.7 Å². The third kappa shape index (κ3) is 2.70. The minimum Gasteiger partial charge on any atom is -0.338 e. The Bertz CT molecular complexity index is 848. The molecule has 0 atom stereocenters. The van der Waals surface area contributed by atoms with Crippen LogP contribution in [-0.4, -0.2) is 50.6 Å². The summed E-state index contributed by atoms with van der Waals surface area (Å²) < 4.78 is 1.80. The van der Waals surface area contributed by atoms with Crippen LogP contribution < -0.4 is 10.6 Å². The molecule has 0 aliphatic carbocycles. The van der Waals surface area contributed by atoms with Gasteiger partial charge >= 0.3 is 5.69 Å². The highest BCUT2D eigenvalue weighted by atomic mass is 16.1. The van der Waals surface area contributed by atoms with Crippen molar-refractivity contribution in [2.45, 2.75) is 6.67 Å². The van der Waals surface area contributed by atoms with E-state index in [0.717, 1.165) is 43.2 Å². The van der Waals surface area contributed by atoms with Crippen LogP contribution in [0.5, 0.6) is 0 Å². The third-order valence-electron chi connectivity index (χ3n) is 4.23. The third-order valence-corrected chi connectivity index (χ3v) is 4.23. The average Bonchev–Trinajstić information content (AvgIpc) is 2.92. The SMILES string of the molecule is O=c1[nH]c2ccccc2n1CN1CCN(c2ncccn2)CC1. The van der Waals surface area contributed by atoms with Crippen LogP contribution in [0.2, 0.25) is 0 Å². The van der Waals surface area contributed by atoms with E-state index >= 15 is 0 Å². The van der Waals surface area contributed by atoms with Gasteiger partial charge in [0, 0.05) is 38.6 Å². The first-order chi connectivity index (χ1) is 11.3. The van der Waals surface area contributed by atoms with Crippen molar-refractivity contribution in [2.24, 2.45) is 0 Å². The largest absolute Gasteiger partial charge is 0.338 e. The second-order valence-electron chi connectivity index (χ2n) is 5.67. The normalized spacial score (nSPS) is 16.1. The van der Waals surface area contributed by atoms with E-state index in [1.54, 1.807) is 17.0 Å². The molecule has 0 bridgehead atoms. The van der Waals surface area contributed by atoms with E-state index in [2.05, 4.69) is 24.8 Å². The molecule has 0 spiro atoms. The summed E-state index contributed by atoms with van der Waals surface area (Å²) in [6.45, 7) is 4.09. The number of anilines is 1. The monoisotopic (exact) mass is 310 g/mol. The summed E-state index contributed by atoms with van der Waals surface area (Å²) in [7, 11) is 0. The number of fused-ring (bicyclic) bond motifs is 1. The van der Waals surface area contributed by atoms with E-state index in [9.17, 15) is 4.79 Å². The number of nitrogens with one attached hydrogen (secondary N) is 1. The van der Waals surface area contributed by atoms with Gasteiger partial charge in [-0.25, -0.2) is 14.8 Å². The van der Waals surface area contributed by atoms with Crippen molar-refractivity contribution < 1.29 is 0 Å². The highest BCUT2D eigenvalue weighted by Crippen LogP contribution is 2.13. The smallest absolute Gasteiger partial charge is 0.327 e. The second kappa shape index (κ2) is 5.85. The van der Waals surface area contributed by atoms with Crippen LogP contribution in [-0.2, 0) is 6.67 Å². The summed E-state index contributed by atoms with van der Waals surface area (Å²) in [6.07, 6.45) is 3.53. The predicted molar refractivity (Wildman–Crippen MR) is 88.4 cm³/mol. The first kappa shape index (κ1) is 14.0. The van der Waals surface area contributed by atoms with Gasteiger partial charge < -0.3 is 9.88 Å². The van der Waals surface area contributed by atoms with Gasteiger partial charge in [0.15, 0.2) is 0 Å². The number of H-pyrrole nitrogens is 1. The Kier molecular flexibility index (Phi) is 3.55. The maximum Gasteiger partial charge on any atom is 0.327 e. The van der Waals surface area contributed by atoms with E-state index in [0.29, 0.717) is 6.67 Å². The molecule has 3 aromatic rings. The molecule has 0 amide bonds. The van der Waals surface area contributed by atoms with Crippen LogP contribution in [0.1, 0.15) is 0 Å². The molecule has 0 radical (unpaired) electrons. The summed E-state index contributed by atoms with van der Waals surface area (Å²) in [4.78, 5) is 28.1. The molecule has 1 saturated heterocycles. The van der Waals surface area contributed by atoms with E-state index in [1.807, 2.05) is 30.3 Å². The van der Waals surface area contributed by atoms with E-state index in [1.165, 1.54) is 0 Å². The number of rotatable bonds is 3. The van der Waals surface area contributed by atoms with Crippen LogP contribution >= 0.6 is 0 Å². The standard InChI is InChI=1S/C16H18N6O/c23-16-19-13-4-1-2-5-14(13)22(16)12-20-8-10-21(11-9-20)15-17-6-3-7-18-15/h1-7H,8-12H2,(H,19,23). The lowest BCUT2D eigenvalue weighted by molar-refractivity contribution is 0.205. The Morgan fingerprint density at radius 3 is 2.52 bits per heavy atom. The molecule has 118 valence electrons. The lowest BCUT2D eigenvalue weighted by Crippen LogP contribution is -2.48. The molecule has 3 heterocycles. The van der Waals surface area contributed by atoms with Gasteiger partial charge in [-0.1, -0.05) is 12.1 Å². The van der Waals surface area contributed by atoms with Crippen LogP contribution in [0.3, 0.4) is 0 Å². The number of para-hydroxylation sites is 2. The lowest BCUT2D eigenvalue weighted by atomic mass is 10.3. The molecule has 23 heavy (non-hydrogen) atoms. The van der Waals surface area contributed by atoms with Gasteiger partial charge in [-0.2, -0.15) is 0 Å². The Labute approximate surface area is 133 Å². The molecule has 1 fully saturated rings. The van der Waals surface area contributed by atoms with Gasteiger partial charge in [-0.15, -0.1) is 0 Å². The molecular weight excluding hydrogens is 292 g/mol. The molecule has 1 aliphatic heterocycles. The summed E-state index contributed by atoms with van der Waals surface area (Å²) in [5.74, 6) is 0.774. The number of nitrogens with zero attached hydrogens (tertiary/aromatic N) is 5. The molecule has 2 aromatic heterocycles. The van der Waals surface area contributed by atoms with Crippen molar-refractivity contribution in [3.8, 4) is 0 Å². The Morgan fingerprint density at radius 1 is 1.00 bits per heavy atom. The molecule has 7 nitrogen and oxygen atoms in total. The Balaban J connectivity index is 1.47. The fourth-order valence-corrected chi connectivity index (χ4v) is 2.99. The highest BCUT2D eigenvalue weighted by Gasteiger charge is 2.19. The Morgan fingerprint density at radius 2 is 1.74 bits per heavy atom. The minimum atomic E-state index is -0.0555. The predicted octanol–water partition coefficient (Wildman–Crippen LogP) is 0.899. The first-order valence-electron chi connectivity index (χ1n) is 7.73. The quantitative estimate of drug-likeness (QED) is 0.778. The molecule has 1 aliphatic rings. The van der Waals surface area contributed by atoms with Crippen LogP contribution in [0.15, 0.2) is 47.5 Å². The number of piperazine rings is 1. The van der Waals surface area contributed by atoms with Crippen molar-refractivity contribution >= 4 is 17.0 Å².